The summed E-state index contributed by atoms with van der Waals surface area (Å²) in [5.41, 5.74) is 6.14. The van der Waals surface area contributed by atoms with E-state index < -0.39 is 0 Å². The summed E-state index contributed by atoms with van der Waals surface area (Å²) < 4.78 is 13.0. The van der Waals surface area contributed by atoms with Gasteiger partial charge in [0.1, 0.15) is 5.82 Å². The topological polar surface area (TPSA) is 46.3 Å². The zero-order valence-corrected chi connectivity index (χ0v) is 11.9. The van der Waals surface area contributed by atoms with Crippen LogP contribution >= 0.6 is 0 Å². The molecule has 0 radical (unpaired) electrons. The minimum absolute atomic E-state index is 0.00495. The molecule has 1 aliphatic rings. The standard InChI is InChI=1S/C16H23FN2O/c17-14-9-7-13(8-10-14)16(20)19(12-4-11-18)15-5-2-1-3-6-15/h7-10,15H,1-6,11-12,18H2. The first kappa shape index (κ1) is 15.0. The van der Waals surface area contributed by atoms with Crippen molar-refractivity contribution in [1.29, 1.82) is 0 Å². The van der Waals surface area contributed by atoms with Crippen LogP contribution in [0.3, 0.4) is 0 Å². The Morgan fingerprint density at radius 2 is 1.85 bits per heavy atom. The zero-order chi connectivity index (χ0) is 14.4. The van der Waals surface area contributed by atoms with Gasteiger partial charge in [0.05, 0.1) is 0 Å². The lowest BCUT2D eigenvalue weighted by atomic mass is 9.93. The third kappa shape index (κ3) is 3.79. The minimum Gasteiger partial charge on any atom is -0.336 e. The second kappa shape index (κ2) is 7.39. The highest BCUT2D eigenvalue weighted by molar-refractivity contribution is 5.94. The summed E-state index contributed by atoms with van der Waals surface area (Å²) in [5.74, 6) is -0.307. The third-order valence-corrected chi connectivity index (χ3v) is 3.97. The molecule has 1 amide bonds. The zero-order valence-electron chi connectivity index (χ0n) is 11.9. The molecule has 1 saturated carbocycles. The number of nitrogens with two attached hydrogens (primary N) is 1. The van der Waals surface area contributed by atoms with Crippen molar-refractivity contribution in [3.8, 4) is 0 Å². The fourth-order valence-electron chi connectivity index (χ4n) is 2.86. The molecule has 1 aromatic carbocycles. The van der Waals surface area contributed by atoms with Gasteiger partial charge in [-0.2, -0.15) is 0 Å². The molecule has 0 spiro atoms. The molecule has 0 bridgehead atoms. The Morgan fingerprint density at radius 1 is 1.20 bits per heavy atom. The molecule has 4 heteroatoms. The first-order chi connectivity index (χ1) is 9.72. The van der Waals surface area contributed by atoms with Gasteiger partial charge in [-0.3, -0.25) is 4.79 Å². The van der Waals surface area contributed by atoms with Gasteiger partial charge in [-0.05, 0) is 50.1 Å². The van der Waals surface area contributed by atoms with Crippen LogP contribution in [0.15, 0.2) is 24.3 Å². The van der Waals surface area contributed by atoms with E-state index in [0.717, 1.165) is 19.3 Å². The summed E-state index contributed by atoms with van der Waals surface area (Å²) >= 11 is 0. The van der Waals surface area contributed by atoms with E-state index in [-0.39, 0.29) is 11.7 Å². The maximum Gasteiger partial charge on any atom is 0.254 e. The van der Waals surface area contributed by atoms with Crippen LogP contribution in [-0.2, 0) is 0 Å². The van der Waals surface area contributed by atoms with Gasteiger partial charge in [0.2, 0.25) is 0 Å². The molecule has 20 heavy (non-hydrogen) atoms. The van der Waals surface area contributed by atoms with E-state index in [4.69, 9.17) is 5.73 Å². The van der Waals surface area contributed by atoms with Gasteiger partial charge in [-0.1, -0.05) is 19.3 Å². The van der Waals surface area contributed by atoms with Crippen molar-refractivity contribution in [2.45, 2.75) is 44.6 Å². The van der Waals surface area contributed by atoms with E-state index in [0.29, 0.717) is 24.7 Å². The van der Waals surface area contributed by atoms with Gasteiger partial charge in [0.15, 0.2) is 0 Å². The Labute approximate surface area is 120 Å². The van der Waals surface area contributed by atoms with Crippen LogP contribution < -0.4 is 5.73 Å². The van der Waals surface area contributed by atoms with Crippen LogP contribution in [0.2, 0.25) is 0 Å². The maximum atomic E-state index is 13.0. The Hall–Kier alpha value is -1.42. The van der Waals surface area contributed by atoms with Crippen molar-refractivity contribution in [2.75, 3.05) is 13.1 Å². The van der Waals surface area contributed by atoms with E-state index >= 15 is 0 Å². The quantitative estimate of drug-likeness (QED) is 0.900. The molecule has 0 unspecified atom stereocenters. The molecule has 0 atom stereocenters. The third-order valence-electron chi connectivity index (χ3n) is 3.97. The number of nitrogens with zero attached hydrogens (tertiary/aromatic N) is 1. The van der Waals surface area contributed by atoms with Crippen LogP contribution in [0, 0.1) is 5.82 Å². The summed E-state index contributed by atoms with van der Waals surface area (Å²) in [4.78, 5) is 14.6. The number of amides is 1. The first-order valence-electron chi connectivity index (χ1n) is 7.49. The van der Waals surface area contributed by atoms with Crippen molar-refractivity contribution in [2.24, 2.45) is 5.73 Å². The summed E-state index contributed by atoms with van der Waals surface area (Å²) in [6, 6.07) is 6.13. The highest BCUT2D eigenvalue weighted by atomic mass is 19.1. The molecule has 0 aliphatic heterocycles. The van der Waals surface area contributed by atoms with Crippen molar-refractivity contribution in [3.05, 3.63) is 35.6 Å². The average molecular weight is 278 g/mol. The number of rotatable bonds is 5. The maximum absolute atomic E-state index is 13.0. The van der Waals surface area contributed by atoms with Crippen LogP contribution in [0.25, 0.3) is 0 Å². The van der Waals surface area contributed by atoms with Crippen molar-refractivity contribution in [3.63, 3.8) is 0 Å². The Bertz CT molecular complexity index is 427. The highest BCUT2D eigenvalue weighted by Crippen LogP contribution is 2.24. The molecule has 110 valence electrons. The molecule has 2 rings (SSSR count). The molecule has 1 aliphatic carbocycles. The van der Waals surface area contributed by atoms with Gasteiger partial charge < -0.3 is 10.6 Å². The lowest BCUT2D eigenvalue weighted by molar-refractivity contribution is 0.0633. The molecule has 3 nitrogen and oxygen atoms in total. The number of hydrogen-bond acceptors (Lipinski definition) is 2. The van der Waals surface area contributed by atoms with Crippen LogP contribution in [-0.4, -0.2) is 29.9 Å². The van der Waals surface area contributed by atoms with E-state index in [1.165, 1.54) is 31.4 Å². The summed E-state index contributed by atoms with van der Waals surface area (Å²) in [7, 11) is 0. The van der Waals surface area contributed by atoms with E-state index in [1.807, 2.05) is 4.90 Å². The van der Waals surface area contributed by atoms with Gasteiger partial charge in [-0.15, -0.1) is 0 Å². The van der Waals surface area contributed by atoms with Crippen molar-refractivity contribution >= 4 is 5.91 Å². The molecule has 0 saturated heterocycles. The number of halogens is 1. The Morgan fingerprint density at radius 3 is 2.45 bits per heavy atom. The van der Waals surface area contributed by atoms with E-state index in [1.54, 1.807) is 12.1 Å². The molecule has 0 heterocycles. The van der Waals surface area contributed by atoms with Crippen LogP contribution in [0.4, 0.5) is 4.39 Å². The molecule has 0 aromatic heterocycles. The van der Waals surface area contributed by atoms with E-state index in [9.17, 15) is 9.18 Å². The fraction of sp³-hybridized carbons (Fsp3) is 0.562. The van der Waals surface area contributed by atoms with Crippen molar-refractivity contribution in [1.82, 2.24) is 4.90 Å². The Kier molecular flexibility index (Phi) is 5.53. The first-order valence-corrected chi connectivity index (χ1v) is 7.49. The SMILES string of the molecule is NCCCN(C(=O)c1ccc(F)cc1)C1CCCCC1. The summed E-state index contributed by atoms with van der Waals surface area (Å²) in [6.45, 7) is 1.28. The van der Waals surface area contributed by atoms with Crippen LogP contribution in [0.1, 0.15) is 48.9 Å². The largest absolute Gasteiger partial charge is 0.336 e. The predicted octanol–water partition coefficient (Wildman–Crippen LogP) is 2.95. The number of carbonyl (C=O) groups excluding carboxylic acids is 1. The lowest BCUT2D eigenvalue weighted by Gasteiger charge is -2.34. The summed E-state index contributed by atoms with van der Waals surface area (Å²) in [6.07, 6.45) is 6.56. The molecular formula is C16H23FN2O. The summed E-state index contributed by atoms with van der Waals surface area (Å²) in [5, 5.41) is 0. The van der Waals surface area contributed by atoms with Gasteiger partial charge in [0.25, 0.3) is 5.91 Å². The predicted molar refractivity (Wildman–Crippen MR) is 78.0 cm³/mol. The Balaban J connectivity index is 2.11. The average Bonchev–Trinajstić information content (AvgIpc) is 2.49. The van der Waals surface area contributed by atoms with Crippen LogP contribution in [0.5, 0.6) is 0 Å². The number of carbonyl (C=O) groups is 1. The minimum atomic E-state index is -0.312. The number of hydrogen-bond donors (Lipinski definition) is 1. The van der Waals surface area contributed by atoms with Gasteiger partial charge >= 0.3 is 0 Å². The van der Waals surface area contributed by atoms with Crippen molar-refractivity contribution < 1.29 is 9.18 Å². The normalized spacial score (nSPS) is 16.1. The second-order valence-electron chi connectivity index (χ2n) is 5.44. The fourth-order valence-corrected chi connectivity index (χ4v) is 2.86. The number of benzene rings is 1. The monoisotopic (exact) mass is 278 g/mol. The molecule has 2 N–H and O–H groups in total. The highest BCUT2D eigenvalue weighted by Gasteiger charge is 2.25. The molecular weight excluding hydrogens is 255 g/mol. The van der Waals surface area contributed by atoms with Gasteiger partial charge in [-0.25, -0.2) is 4.39 Å². The van der Waals surface area contributed by atoms with Gasteiger partial charge in [0, 0.05) is 18.2 Å². The molecule has 1 aromatic rings. The smallest absolute Gasteiger partial charge is 0.254 e. The lowest BCUT2D eigenvalue weighted by Crippen LogP contribution is -2.42. The van der Waals surface area contributed by atoms with E-state index in [2.05, 4.69) is 0 Å². The second-order valence-corrected chi connectivity index (χ2v) is 5.44. The molecule has 1 fully saturated rings.